The van der Waals surface area contributed by atoms with Crippen molar-refractivity contribution in [2.24, 2.45) is 0 Å². The molecule has 1 aliphatic rings. The van der Waals surface area contributed by atoms with E-state index in [1.54, 1.807) is 13.2 Å². The summed E-state index contributed by atoms with van der Waals surface area (Å²) in [6.45, 7) is 2.83. The normalized spacial score (nSPS) is 19.7. The van der Waals surface area contributed by atoms with E-state index in [1.807, 2.05) is 13.0 Å². The summed E-state index contributed by atoms with van der Waals surface area (Å²) < 4.78 is 0. The van der Waals surface area contributed by atoms with Crippen molar-refractivity contribution in [1.82, 2.24) is 10.3 Å². The summed E-state index contributed by atoms with van der Waals surface area (Å²) in [6.07, 6.45) is 4.73. The molecule has 1 unspecified atom stereocenters. The molecule has 2 heterocycles. The zero-order valence-corrected chi connectivity index (χ0v) is 10.9. The molecule has 0 saturated carbocycles. The van der Waals surface area contributed by atoms with Crippen LogP contribution in [0.15, 0.2) is 12.3 Å². The van der Waals surface area contributed by atoms with Gasteiger partial charge < -0.3 is 16.0 Å². The highest BCUT2D eigenvalue weighted by atomic mass is 16.2. The van der Waals surface area contributed by atoms with Gasteiger partial charge in [-0.05, 0) is 37.8 Å². The Balaban J connectivity index is 2.27. The van der Waals surface area contributed by atoms with Gasteiger partial charge in [0.2, 0.25) is 5.91 Å². The van der Waals surface area contributed by atoms with Crippen LogP contribution in [-0.2, 0) is 4.79 Å². The van der Waals surface area contributed by atoms with Crippen molar-refractivity contribution < 1.29 is 4.79 Å². The van der Waals surface area contributed by atoms with Gasteiger partial charge in [-0.3, -0.25) is 4.79 Å². The zero-order chi connectivity index (χ0) is 13.1. The first-order valence-electron chi connectivity index (χ1n) is 6.34. The predicted octanol–water partition coefficient (Wildman–Crippen LogP) is 1.08. The number of anilines is 2. The van der Waals surface area contributed by atoms with Crippen molar-refractivity contribution in [2.45, 2.75) is 32.2 Å². The van der Waals surface area contributed by atoms with Gasteiger partial charge in [0.05, 0.1) is 11.9 Å². The molecule has 0 bridgehead atoms. The molecule has 1 amide bonds. The molecule has 3 N–H and O–H groups in total. The highest BCUT2D eigenvalue weighted by molar-refractivity contribution is 5.85. The average Bonchev–Trinajstić information content (AvgIpc) is 2.41. The Morgan fingerprint density at radius 1 is 1.56 bits per heavy atom. The summed E-state index contributed by atoms with van der Waals surface area (Å²) in [4.78, 5) is 18.3. The summed E-state index contributed by atoms with van der Waals surface area (Å²) in [5.41, 5.74) is 7.47. The average molecular weight is 248 g/mol. The van der Waals surface area contributed by atoms with Crippen molar-refractivity contribution in [2.75, 3.05) is 24.2 Å². The van der Waals surface area contributed by atoms with Crippen LogP contribution in [0.3, 0.4) is 0 Å². The molecule has 18 heavy (non-hydrogen) atoms. The third kappa shape index (κ3) is 2.39. The molecule has 1 aliphatic heterocycles. The molecule has 5 heteroatoms. The number of rotatable bonds is 2. The number of nitrogens with zero attached hydrogens (tertiary/aromatic N) is 2. The second-order valence-electron chi connectivity index (χ2n) is 4.72. The minimum atomic E-state index is -0.112. The lowest BCUT2D eigenvalue weighted by molar-refractivity contribution is -0.122. The number of hydrogen-bond donors (Lipinski definition) is 2. The topological polar surface area (TPSA) is 71.2 Å². The largest absolute Gasteiger partial charge is 0.397 e. The van der Waals surface area contributed by atoms with Gasteiger partial charge >= 0.3 is 0 Å². The molecule has 1 fully saturated rings. The Bertz CT molecular complexity index is 447. The maximum Gasteiger partial charge on any atom is 0.242 e. The fraction of sp³-hybridized carbons (Fsp3) is 0.538. The van der Waals surface area contributed by atoms with Gasteiger partial charge in [-0.2, -0.15) is 0 Å². The lowest BCUT2D eigenvalue weighted by atomic mass is 10.0. The number of hydrogen-bond acceptors (Lipinski definition) is 4. The van der Waals surface area contributed by atoms with Gasteiger partial charge in [0.25, 0.3) is 0 Å². The third-order valence-electron chi connectivity index (χ3n) is 3.48. The SMILES string of the molecule is CNC(=O)C1CCCCN1c1cc(C)c(N)cn1. The fourth-order valence-electron chi connectivity index (χ4n) is 2.35. The third-order valence-corrected chi connectivity index (χ3v) is 3.48. The molecule has 1 saturated heterocycles. The van der Waals surface area contributed by atoms with Crippen LogP contribution >= 0.6 is 0 Å². The molecule has 0 aliphatic carbocycles. The summed E-state index contributed by atoms with van der Waals surface area (Å²) in [5, 5.41) is 2.73. The Labute approximate surface area is 107 Å². The van der Waals surface area contributed by atoms with Crippen LogP contribution in [0.4, 0.5) is 11.5 Å². The van der Waals surface area contributed by atoms with E-state index in [0.29, 0.717) is 5.69 Å². The monoisotopic (exact) mass is 248 g/mol. The number of nitrogens with two attached hydrogens (primary N) is 1. The smallest absolute Gasteiger partial charge is 0.242 e. The van der Waals surface area contributed by atoms with E-state index >= 15 is 0 Å². The second kappa shape index (κ2) is 5.25. The summed E-state index contributed by atoms with van der Waals surface area (Å²) in [7, 11) is 1.68. The van der Waals surface area contributed by atoms with Crippen molar-refractivity contribution in [3.63, 3.8) is 0 Å². The quantitative estimate of drug-likeness (QED) is 0.821. The Morgan fingerprint density at radius 2 is 2.33 bits per heavy atom. The predicted molar refractivity (Wildman–Crippen MR) is 72.4 cm³/mol. The minimum Gasteiger partial charge on any atom is -0.397 e. The van der Waals surface area contributed by atoms with E-state index in [0.717, 1.165) is 37.2 Å². The van der Waals surface area contributed by atoms with Gasteiger partial charge in [0.15, 0.2) is 0 Å². The molecule has 98 valence electrons. The van der Waals surface area contributed by atoms with Crippen LogP contribution in [0.2, 0.25) is 0 Å². The molecule has 1 atom stereocenters. The molecule has 0 aromatic carbocycles. The number of carbonyl (C=O) groups excluding carboxylic acids is 1. The molecule has 1 aromatic rings. The summed E-state index contributed by atoms with van der Waals surface area (Å²) in [5.74, 6) is 0.904. The maximum atomic E-state index is 11.9. The molecular formula is C13H20N4O. The van der Waals surface area contributed by atoms with Crippen molar-refractivity contribution >= 4 is 17.4 Å². The van der Waals surface area contributed by atoms with Gasteiger partial charge in [-0.15, -0.1) is 0 Å². The number of aryl methyl sites for hydroxylation is 1. The van der Waals surface area contributed by atoms with E-state index in [2.05, 4.69) is 15.2 Å². The summed E-state index contributed by atoms with van der Waals surface area (Å²) >= 11 is 0. The molecular weight excluding hydrogens is 228 g/mol. The number of pyridine rings is 1. The van der Waals surface area contributed by atoms with E-state index in [4.69, 9.17) is 5.73 Å². The molecule has 5 nitrogen and oxygen atoms in total. The van der Waals surface area contributed by atoms with Crippen LogP contribution in [0.5, 0.6) is 0 Å². The Hall–Kier alpha value is -1.78. The molecule has 1 aromatic heterocycles. The number of piperidine rings is 1. The number of nitrogens with one attached hydrogen (secondary N) is 1. The van der Waals surface area contributed by atoms with Crippen LogP contribution in [-0.4, -0.2) is 30.5 Å². The van der Waals surface area contributed by atoms with Crippen molar-refractivity contribution in [1.29, 1.82) is 0 Å². The highest BCUT2D eigenvalue weighted by Gasteiger charge is 2.28. The molecule has 0 spiro atoms. The zero-order valence-electron chi connectivity index (χ0n) is 10.9. The molecule has 2 rings (SSSR count). The first-order valence-corrected chi connectivity index (χ1v) is 6.34. The van der Waals surface area contributed by atoms with Crippen molar-refractivity contribution in [3.05, 3.63) is 17.8 Å². The number of likely N-dealkylation sites (N-methyl/N-ethyl adjacent to an activating group) is 1. The minimum absolute atomic E-state index is 0.0611. The fourth-order valence-corrected chi connectivity index (χ4v) is 2.35. The maximum absolute atomic E-state index is 11.9. The van der Waals surface area contributed by atoms with Crippen LogP contribution in [0, 0.1) is 6.92 Å². The lowest BCUT2D eigenvalue weighted by Gasteiger charge is -2.35. The van der Waals surface area contributed by atoms with Crippen LogP contribution in [0.25, 0.3) is 0 Å². The van der Waals surface area contributed by atoms with Gasteiger partial charge in [0.1, 0.15) is 11.9 Å². The van der Waals surface area contributed by atoms with E-state index in [1.165, 1.54) is 0 Å². The first kappa shape index (κ1) is 12.7. The number of amides is 1. The van der Waals surface area contributed by atoms with Crippen LogP contribution < -0.4 is 16.0 Å². The van der Waals surface area contributed by atoms with E-state index in [-0.39, 0.29) is 11.9 Å². The Kier molecular flexibility index (Phi) is 3.69. The van der Waals surface area contributed by atoms with Crippen LogP contribution in [0.1, 0.15) is 24.8 Å². The second-order valence-corrected chi connectivity index (χ2v) is 4.72. The number of carbonyl (C=O) groups is 1. The van der Waals surface area contributed by atoms with Gasteiger partial charge in [-0.25, -0.2) is 4.98 Å². The molecule has 0 radical (unpaired) electrons. The first-order chi connectivity index (χ1) is 8.63. The highest BCUT2D eigenvalue weighted by Crippen LogP contribution is 2.25. The number of nitrogen functional groups attached to an aromatic ring is 1. The van der Waals surface area contributed by atoms with E-state index < -0.39 is 0 Å². The van der Waals surface area contributed by atoms with Gasteiger partial charge in [0, 0.05) is 13.6 Å². The van der Waals surface area contributed by atoms with Gasteiger partial charge in [-0.1, -0.05) is 0 Å². The lowest BCUT2D eigenvalue weighted by Crippen LogP contribution is -2.49. The van der Waals surface area contributed by atoms with E-state index in [9.17, 15) is 4.79 Å². The summed E-state index contributed by atoms with van der Waals surface area (Å²) in [6, 6.07) is 1.84. The standard InChI is InChI=1S/C13H20N4O/c1-9-7-12(16-8-10(9)14)17-6-4-3-5-11(17)13(18)15-2/h7-8,11H,3-6,14H2,1-2H3,(H,15,18). The van der Waals surface area contributed by atoms with Crippen molar-refractivity contribution in [3.8, 4) is 0 Å². The number of aromatic nitrogens is 1. The Morgan fingerprint density at radius 3 is 3.00 bits per heavy atom.